The van der Waals surface area contributed by atoms with Crippen molar-refractivity contribution in [3.05, 3.63) is 29.8 Å². The summed E-state index contributed by atoms with van der Waals surface area (Å²) in [5, 5.41) is 0. The standard InChI is InChI=1S/C15H24N2O/c1-12(14-6-3-7-15(9-14)18-2)17-8-4-5-13(10-16)11-17/h3,6-7,9,12-13H,4-5,8,10-11,16H2,1-2H3. The Morgan fingerprint density at radius 3 is 3.06 bits per heavy atom. The summed E-state index contributed by atoms with van der Waals surface area (Å²) in [6.45, 7) is 5.37. The number of hydrogen-bond donors (Lipinski definition) is 1. The van der Waals surface area contributed by atoms with Gasteiger partial charge in [0, 0.05) is 12.6 Å². The van der Waals surface area contributed by atoms with Crippen molar-refractivity contribution in [1.29, 1.82) is 0 Å². The molecule has 2 N–H and O–H groups in total. The van der Waals surface area contributed by atoms with Gasteiger partial charge in [-0.3, -0.25) is 4.90 Å². The fourth-order valence-electron chi connectivity index (χ4n) is 2.75. The number of ether oxygens (including phenoxy) is 1. The van der Waals surface area contributed by atoms with Crippen LogP contribution in [0.2, 0.25) is 0 Å². The zero-order valence-corrected chi connectivity index (χ0v) is 11.4. The minimum Gasteiger partial charge on any atom is -0.497 e. The molecule has 100 valence electrons. The third-order valence-electron chi connectivity index (χ3n) is 4.01. The Hall–Kier alpha value is -1.06. The van der Waals surface area contributed by atoms with Gasteiger partial charge in [-0.2, -0.15) is 0 Å². The Morgan fingerprint density at radius 2 is 2.33 bits per heavy atom. The topological polar surface area (TPSA) is 38.5 Å². The second kappa shape index (κ2) is 6.21. The molecule has 0 aromatic heterocycles. The molecule has 1 saturated heterocycles. The normalized spacial score (nSPS) is 22.7. The predicted molar refractivity (Wildman–Crippen MR) is 74.8 cm³/mol. The lowest BCUT2D eigenvalue weighted by molar-refractivity contribution is 0.134. The van der Waals surface area contributed by atoms with Crippen LogP contribution in [0.4, 0.5) is 0 Å². The molecule has 1 aliphatic heterocycles. The summed E-state index contributed by atoms with van der Waals surface area (Å²) in [5.74, 6) is 1.60. The third-order valence-corrected chi connectivity index (χ3v) is 4.01. The van der Waals surface area contributed by atoms with E-state index in [1.165, 1.54) is 24.9 Å². The van der Waals surface area contributed by atoms with E-state index in [9.17, 15) is 0 Å². The van der Waals surface area contributed by atoms with Crippen LogP contribution >= 0.6 is 0 Å². The molecule has 0 bridgehead atoms. The monoisotopic (exact) mass is 248 g/mol. The summed E-state index contributed by atoms with van der Waals surface area (Å²) in [6.07, 6.45) is 2.54. The average Bonchev–Trinajstić information content (AvgIpc) is 2.46. The highest BCUT2D eigenvalue weighted by Gasteiger charge is 2.23. The van der Waals surface area contributed by atoms with Gasteiger partial charge in [-0.05, 0) is 56.5 Å². The Morgan fingerprint density at radius 1 is 1.50 bits per heavy atom. The zero-order valence-electron chi connectivity index (χ0n) is 11.4. The van der Waals surface area contributed by atoms with E-state index in [0.29, 0.717) is 12.0 Å². The van der Waals surface area contributed by atoms with Crippen molar-refractivity contribution < 1.29 is 4.74 Å². The van der Waals surface area contributed by atoms with E-state index < -0.39 is 0 Å². The maximum absolute atomic E-state index is 5.80. The largest absolute Gasteiger partial charge is 0.497 e. The summed E-state index contributed by atoms with van der Waals surface area (Å²) < 4.78 is 5.30. The minimum atomic E-state index is 0.439. The Balaban J connectivity index is 2.07. The molecular formula is C15H24N2O. The van der Waals surface area contributed by atoms with Crippen LogP contribution in [0.5, 0.6) is 5.75 Å². The van der Waals surface area contributed by atoms with Crippen molar-refractivity contribution in [2.24, 2.45) is 11.7 Å². The van der Waals surface area contributed by atoms with Crippen LogP contribution in [0, 0.1) is 5.92 Å². The molecule has 2 unspecified atom stereocenters. The van der Waals surface area contributed by atoms with E-state index >= 15 is 0 Å². The molecule has 0 spiro atoms. The smallest absolute Gasteiger partial charge is 0.119 e. The van der Waals surface area contributed by atoms with Crippen molar-refractivity contribution in [3.63, 3.8) is 0 Å². The molecule has 0 saturated carbocycles. The predicted octanol–water partition coefficient (Wildman–Crippen LogP) is 2.43. The molecule has 0 amide bonds. The Labute approximate surface area is 110 Å². The number of hydrogen-bond acceptors (Lipinski definition) is 3. The van der Waals surface area contributed by atoms with Crippen LogP contribution in [0.3, 0.4) is 0 Å². The van der Waals surface area contributed by atoms with Crippen LogP contribution in [0.1, 0.15) is 31.4 Å². The Kier molecular flexibility index (Phi) is 4.61. The number of nitrogens with two attached hydrogens (primary N) is 1. The molecule has 1 aromatic carbocycles. The molecule has 0 aliphatic carbocycles. The molecule has 1 fully saturated rings. The molecule has 3 nitrogen and oxygen atoms in total. The van der Waals surface area contributed by atoms with Crippen molar-refractivity contribution in [2.75, 3.05) is 26.7 Å². The van der Waals surface area contributed by atoms with Gasteiger partial charge in [0.25, 0.3) is 0 Å². The fourth-order valence-corrected chi connectivity index (χ4v) is 2.75. The van der Waals surface area contributed by atoms with Gasteiger partial charge < -0.3 is 10.5 Å². The van der Waals surface area contributed by atoms with Crippen LogP contribution in [0.25, 0.3) is 0 Å². The van der Waals surface area contributed by atoms with Gasteiger partial charge in [0.05, 0.1) is 7.11 Å². The number of nitrogens with zero attached hydrogens (tertiary/aromatic N) is 1. The number of benzene rings is 1. The number of piperidine rings is 1. The summed E-state index contributed by atoms with van der Waals surface area (Å²) in [4.78, 5) is 2.54. The molecule has 3 heteroatoms. The first kappa shape index (κ1) is 13.4. The molecule has 1 aromatic rings. The first-order valence-electron chi connectivity index (χ1n) is 6.82. The van der Waals surface area contributed by atoms with E-state index in [2.05, 4.69) is 30.0 Å². The molecule has 18 heavy (non-hydrogen) atoms. The van der Waals surface area contributed by atoms with Crippen molar-refractivity contribution in [2.45, 2.75) is 25.8 Å². The van der Waals surface area contributed by atoms with Crippen LogP contribution in [0.15, 0.2) is 24.3 Å². The SMILES string of the molecule is COc1cccc(C(C)N2CCCC(CN)C2)c1. The van der Waals surface area contributed by atoms with Gasteiger partial charge in [-0.15, -0.1) is 0 Å². The fraction of sp³-hybridized carbons (Fsp3) is 0.600. The van der Waals surface area contributed by atoms with Crippen molar-refractivity contribution in [3.8, 4) is 5.75 Å². The second-order valence-corrected chi connectivity index (χ2v) is 5.19. The molecular weight excluding hydrogens is 224 g/mol. The highest BCUT2D eigenvalue weighted by atomic mass is 16.5. The molecule has 1 aliphatic rings. The van der Waals surface area contributed by atoms with Crippen LogP contribution in [-0.4, -0.2) is 31.6 Å². The number of methoxy groups -OCH3 is 1. The van der Waals surface area contributed by atoms with Gasteiger partial charge in [-0.1, -0.05) is 12.1 Å². The maximum atomic E-state index is 5.80. The van der Waals surface area contributed by atoms with E-state index in [1.807, 2.05) is 6.07 Å². The molecule has 0 radical (unpaired) electrons. The lowest BCUT2D eigenvalue weighted by Crippen LogP contribution is -2.39. The summed E-state index contributed by atoms with van der Waals surface area (Å²) in [5.41, 5.74) is 7.13. The highest BCUT2D eigenvalue weighted by Crippen LogP contribution is 2.28. The molecule has 1 heterocycles. The lowest BCUT2D eigenvalue weighted by Gasteiger charge is -2.36. The van der Waals surface area contributed by atoms with E-state index in [4.69, 9.17) is 10.5 Å². The van der Waals surface area contributed by atoms with E-state index in [-0.39, 0.29) is 0 Å². The van der Waals surface area contributed by atoms with Gasteiger partial charge in [0.15, 0.2) is 0 Å². The summed E-state index contributed by atoms with van der Waals surface area (Å²) in [6, 6.07) is 8.81. The van der Waals surface area contributed by atoms with E-state index in [1.54, 1.807) is 7.11 Å². The van der Waals surface area contributed by atoms with Gasteiger partial charge in [-0.25, -0.2) is 0 Å². The zero-order chi connectivity index (χ0) is 13.0. The first-order chi connectivity index (χ1) is 8.74. The number of likely N-dealkylation sites (tertiary alicyclic amines) is 1. The summed E-state index contributed by atoms with van der Waals surface area (Å²) >= 11 is 0. The third kappa shape index (κ3) is 3.03. The molecule has 2 atom stereocenters. The van der Waals surface area contributed by atoms with Crippen molar-refractivity contribution in [1.82, 2.24) is 4.90 Å². The van der Waals surface area contributed by atoms with Gasteiger partial charge in [0.1, 0.15) is 5.75 Å². The second-order valence-electron chi connectivity index (χ2n) is 5.19. The molecule has 2 rings (SSSR count). The Bertz CT molecular complexity index is 381. The van der Waals surface area contributed by atoms with Crippen molar-refractivity contribution >= 4 is 0 Å². The quantitative estimate of drug-likeness (QED) is 0.889. The van der Waals surface area contributed by atoms with Gasteiger partial charge in [0.2, 0.25) is 0 Å². The van der Waals surface area contributed by atoms with Gasteiger partial charge >= 0.3 is 0 Å². The minimum absolute atomic E-state index is 0.439. The average molecular weight is 248 g/mol. The van der Waals surface area contributed by atoms with E-state index in [0.717, 1.165) is 18.8 Å². The number of rotatable bonds is 4. The first-order valence-corrected chi connectivity index (χ1v) is 6.82. The van der Waals surface area contributed by atoms with Crippen LogP contribution in [-0.2, 0) is 0 Å². The maximum Gasteiger partial charge on any atom is 0.119 e. The highest BCUT2D eigenvalue weighted by molar-refractivity contribution is 5.30. The van der Waals surface area contributed by atoms with Crippen LogP contribution < -0.4 is 10.5 Å². The summed E-state index contributed by atoms with van der Waals surface area (Å²) in [7, 11) is 1.72. The lowest BCUT2D eigenvalue weighted by atomic mass is 9.95.